The fraction of sp³-hybridized carbons (Fsp3) is 0.571. The Morgan fingerprint density at radius 2 is 1.76 bits per heavy atom. The summed E-state index contributed by atoms with van der Waals surface area (Å²) in [5, 5.41) is 33.3. The maximum Gasteiger partial charge on any atom is 0.225 e. The van der Waals surface area contributed by atoms with Crippen LogP contribution in [-0.2, 0) is 16.0 Å². The molecule has 1 aliphatic heterocycles. The van der Waals surface area contributed by atoms with Crippen LogP contribution in [0.25, 0.3) is 0 Å². The number of amides is 2. The summed E-state index contributed by atoms with van der Waals surface area (Å²) in [7, 11) is 0. The molecule has 2 amide bonds. The third kappa shape index (κ3) is 10.4. The van der Waals surface area contributed by atoms with Gasteiger partial charge in [-0.05, 0) is 49.7 Å². The van der Waals surface area contributed by atoms with Crippen molar-refractivity contribution in [2.45, 2.75) is 50.5 Å². The maximum atomic E-state index is 14.6. The number of nitrogens with zero attached hydrogens (tertiary/aromatic N) is 3. The number of hydrogen-bond donors (Lipinski definition) is 5. The second kappa shape index (κ2) is 16.4. The standard InChI is InChI=1S/C28H39ClFN5O6/c29-22-15-32-27(33-16-22)35-10-7-20(8-11-35)3-2-12-41-23-6-5-21(24(30)14-23)13-26(40)31-9-1-4-25(39)34-28(17-36,18-37)19-38/h5-6,14-16,20,36-38H,1-4,7-13,17-19H2,(H,31,40)(H,34,39). The number of aliphatic hydroxyl groups is 3. The molecule has 1 aliphatic rings. The van der Waals surface area contributed by atoms with Crippen LogP contribution in [0.4, 0.5) is 10.3 Å². The van der Waals surface area contributed by atoms with Gasteiger partial charge in [-0.25, -0.2) is 14.4 Å². The zero-order valence-corrected chi connectivity index (χ0v) is 23.8. The van der Waals surface area contributed by atoms with Crippen LogP contribution in [0.5, 0.6) is 5.75 Å². The number of benzene rings is 1. The molecule has 2 heterocycles. The summed E-state index contributed by atoms with van der Waals surface area (Å²) in [6.07, 6.45) is 7.33. The Bertz CT molecular complexity index is 1110. The molecule has 3 rings (SSSR count). The predicted octanol–water partition coefficient (Wildman–Crippen LogP) is 1.62. The average molecular weight is 596 g/mol. The molecule has 11 nitrogen and oxygen atoms in total. The predicted molar refractivity (Wildman–Crippen MR) is 151 cm³/mol. The molecular formula is C28H39ClFN5O6. The van der Waals surface area contributed by atoms with Gasteiger partial charge in [0.2, 0.25) is 17.8 Å². The number of aliphatic hydroxyl groups excluding tert-OH is 3. The van der Waals surface area contributed by atoms with E-state index < -0.39 is 37.1 Å². The minimum Gasteiger partial charge on any atom is -0.493 e. The topological polar surface area (TPSA) is 157 Å². The summed E-state index contributed by atoms with van der Waals surface area (Å²) in [6.45, 7) is 0.615. The Morgan fingerprint density at radius 1 is 1.07 bits per heavy atom. The molecule has 13 heteroatoms. The molecule has 0 unspecified atom stereocenters. The molecule has 0 aliphatic carbocycles. The van der Waals surface area contributed by atoms with E-state index in [1.54, 1.807) is 18.5 Å². The smallest absolute Gasteiger partial charge is 0.225 e. The van der Waals surface area contributed by atoms with Crippen molar-refractivity contribution in [3.8, 4) is 5.75 Å². The summed E-state index contributed by atoms with van der Waals surface area (Å²) in [5.74, 6) is 0.312. The van der Waals surface area contributed by atoms with E-state index in [-0.39, 0.29) is 30.9 Å². The van der Waals surface area contributed by atoms with E-state index in [1.165, 1.54) is 12.1 Å². The van der Waals surface area contributed by atoms with E-state index in [0.717, 1.165) is 38.8 Å². The number of piperidine rings is 1. The molecule has 0 spiro atoms. The largest absolute Gasteiger partial charge is 0.493 e. The zero-order valence-electron chi connectivity index (χ0n) is 23.0. The molecule has 1 aromatic carbocycles. The number of rotatable bonds is 16. The highest BCUT2D eigenvalue weighted by atomic mass is 35.5. The van der Waals surface area contributed by atoms with Gasteiger partial charge in [0.15, 0.2) is 0 Å². The van der Waals surface area contributed by atoms with Gasteiger partial charge in [-0.1, -0.05) is 17.7 Å². The number of hydrogen-bond acceptors (Lipinski definition) is 9. The first-order valence-electron chi connectivity index (χ1n) is 13.8. The van der Waals surface area contributed by atoms with Gasteiger partial charge in [0.1, 0.15) is 17.1 Å². The van der Waals surface area contributed by atoms with Gasteiger partial charge in [-0.3, -0.25) is 9.59 Å². The fourth-order valence-corrected chi connectivity index (χ4v) is 4.65. The summed E-state index contributed by atoms with van der Waals surface area (Å²) in [4.78, 5) is 34.9. The SMILES string of the molecule is O=C(Cc1ccc(OCCCC2CCN(c3ncc(Cl)cn3)CC2)cc1F)NCCCC(=O)NC(CO)(CO)CO. The molecule has 226 valence electrons. The van der Waals surface area contributed by atoms with Crippen LogP contribution < -0.4 is 20.3 Å². The lowest BCUT2D eigenvalue weighted by molar-refractivity contribution is -0.126. The van der Waals surface area contributed by atoms with Gasteiger partial charge in [0, 0.05) is 32.1 Å². The van der Waals surface area contributed by atoms with Crippen molar-refractivity contribution in [2.75, 3.05) is 51.0 Å². The van der Waals surface area contributed by atoms with Gasteiger partial charge >= 0.3 is 0 Å². The third-order valence-electron chi connectivity index (χ3n) is 7.12. The molecule has 0 atom stereocenters. The fourth-order valence-electron chi connectivity index (χ4n) is 4.55. The lowest BCUT2D eigenvalue weighted by atomic mass is 9.92. The highest BCUT2D eigenvalue weighted by Crippen LogP contribution is 2.25. The maximum absolute atomic E-state index is 14.6. The van der Waals surface area contributed by atoms with E-state index in [2.05, 4.69) is 25.5 Å². The molecule has 1 fully saturated rings. The van der Waals surface area contributed by atoms with Gasteiger partial charge in [0.05, 0.1) is 50.3 Å². The molecule has 1 aromatic heterocycles. The molecule has 0 radical (unpaired) electrons. The van der Waals surface area contributed by atoms with Crippen LogP contribution in [0, 0.1) is 11.7 Å². The summed E-state index contributed by atoms with van der Waals surface area (Å²) in [6, 6.07) is 4.47. The van der Waals surface area contributed by atoms with Crippen molar-refractivity contribution in [2.24, 2.45) is 5.92 Å². The summed E-state index contributed by atoms with van der Waals surface area (Å²) in [5.41, 5.74) is -1.25. The van der Waals surface area contributed by atoms with Crippen LogP contribution in [0.1, 0.15) is 44.1 Å². The number of aromatic nitrogens is 2. The van der Waals surface area contributed by atoms with Crippen molar-refractivity contribution in [1.82, 2.24) is 20.6 Å². The molecule has 0 saturated carbocycles. The highest BCUT2D eigenvalue weighted by Gasteiger charge is 2.29. The van der Waals surface area contributed by atoms with E-state index in [0.29, 0.717) is 35.7 Å². The van der Waals surface area contributed by atoms with Gasteiger partial charge in [-0.2, -0.15) is 0 Å². The first-order chi connectivity index (χ1) is 19.8. The van der Waals surface area contributed by atoms with E-state index in [9.17, 15) is 29.3 Å². The normalized spacial score (nSPS) is 14.1. The second-order valence-corrected chi connectivity index (χ2v) is 10.7. The Hall–Kier alpha value is -3.06. The Balaban J connectivity index is 1.29. The van der Waals surface area contributed by atoms with Crippen molar-refractivity contribution >= 4 is 29.4 Å². The quantitative estimate of drug-likeness (QED) is 0.182. The Labute approximate surface area is 244 Å². The molecular weight excluding hydrogens is 557 g/mol. The van der Waals surface area contributed by atoms with Crippen molar-refractivity contribution in [3.63, 3.8) is 0 Å². The first kappa shape index (κ1) is 32.5. The van der Waals surface area contributed by atoms with Crippen LogP contribution in [0.15, 0.2) is 30.6 Å². The van der Waals surface area contributed by atoms with Crippen LogP contribution in [0.3, 0.4) is 0 Å². The lowest BCUT2D eigenvalue weighted by Crippen LogP contribution is -2.57. The van der Waals surface area contributed by atoms with Crippen LogP contribution in [-0.4, -0.2) is 88.7 Å². The first-order valence-corrected chi connectivity index (χ1v) is 14.2. The van der Waals surface area contributed by atoms with Gasteiger partial charge < -0.3 is 35.6 Å². The molecule has 2 aromatic rings. The number of nitrogens with one attached hydrogen (secondary N) is 2. The number of ether oxygens (including phenoxy) is 1. The average Bonchev–Trinajstić information content (AvgIpc) is 2.98. The highest BCUT2D eigenvalue weighted by molar-refractivity contribution is 6.30. The Kier molecular flexibility index (Phi) is 13.0. The molecule has 1 saturated heterocycles. The zero-order chi connectivity index (χ0) is 29.7. The molecule has 5 N–H and O–H groups in total. The van der Waals surface area contributed by atoms with Crippen LogP contribution >= 0.6 is 11.6 Å². The molecule has 0 bridgehead atoms. The lowest BCUT2D eigenvalue weighted by Gasteiger charge is -2.31. The third-order valence-corrected chi connectivity index (χ3v) is 7.32. The minimum atomic E-state index is -1.49. The van der Waals surface area contributed by atoms with E-state index >= 15 is 0 Å². The van der Waals surface area contributed by atoms with E-state index in [4.69, 9.17) is 16.3 Å². The van der Waals surface area contributed by atoms with Crippen LogP contribution in [0.2, 0.25) is 5.02 Å². The summed E-state index contributed by atoms with van der Waals surface area (Å²) < 4.78 is 20.3. The van der Waals surface area contributed by atoms with Crippen molar-refractivity contribution < 1.29 is 34.0 Å². The Morgan fingerprint density at radius 3 is 2.39 bits per heavy atom. The van der Waals surface area contributed by atoms with Crippen molar-refractivity contribution in [1.29, 1.82) is 0 Å². The van der Waals surface area contributed by atoms with Gasteiger partial charge in [-0.15, -0.1) is 0 Å². The van der Waals surface area contributed by atoms with Crippen molar-refractivity contribution in [3.05, 3.63) is 47.0 Å². The van der Waals surface area contributed by atoms with Gasteiger partial charge in [0.25, 0.3) is 0 Å². The minimum absolute atomic E-state index is 0.0139. The summed E-state index contributed by atoms with van der Waals surface area (Å²) >= 11 is 5.86. The van der Waals surface area contributed by atoms with E-state index in [1.807, 2.05) is 0 Å². The monoisotopic (exact) mass is 595 g/mol. The second-order valence-electron chi connectivity index (χ2n) is 10.3. The molecule has 41 heavy (non-hydrogen) atoms. The number of anilines is 1. The number of carbonyl (C=O) groups excluding carboxylic acids is 2. The number of carbonyl (C=O) groups is 2. The number of halogens is 2.